The number of hydrogen-bond acceptors (Lipinski definition) is 6. The van der Waals surface area contributed by atoms with Gasteiger partial charge in [0.2, 0.25) is 5.91 Å². The van der Waals surface area contributed by atoms with Gasteiger partial charge in [0.05, 0.1) is 19.5 Å². The first kappa shape index (κ1) is 20.7. The van der Waals surface area contributed by atoms with Crippen molar-refractivity contribution in [3.05, 3.63) is 48.5 Å². The van der Waals surface area contributed by atoms with E-state index < -0.39 is 0 Å². The van der Waals surface area contributed by atoms with Crippen LogP contribution >= 0.6 is 11.8 Å². The van der Waals surface area contributed by atoms with Gasteiger partial charge in [0.25, 0.3) is 0 Å². The molecule has 0 aliphatic heterocycles. The van der Waals surface area contributed by atoms with Gasteiger partial charge in [0.15, 0.2) is 11.0 Å². The molecule has 0 fully saturated rings. The second-order valence-electron chi connectivity index (χ2n) is 6.26. The smallest absolute Gasteiger partial charge is 0.237 e. The average molecular weight is 413 g/mol. The highest BCUT2D eigenvalue weighted by Crippen LogP contribution is 2.28. The Morgan fingerprint density at radius 2 is 1.62 bits per heavy atom. The zero-order valence-electron chi connectivity index (χ0n) is 16.9. The van der Waals surface area contributed by atoms with Gasteiger partial charge in [0.1, 0.15) is 11.5 Å². The van der Waals surface area contributed by atoms with Gasteiger partial charge in [-0.15, -0.1) is 10.2 Å². The molecule has 3 rings (SSSR count). The van der Waals surface area contributed by atoms with Gasteiger partial charge in [-0.25, -0.2) is 0 Å². The number of methoxy groups -OCH3 is 2. The van der Waals surface area contributed by atoms with Crippen molar-refractivity contribution in [2.45, 2.75) is 30.8 Å². The van der Waals surface area contributed by atoms with Crippen LogP contribution in [0.25, 0.3) is 11.4 Å². The van der Waals surface area contributed by atoms with Crippen LogP contribution in [-0.2, 0) is 11.3 Å². The standard InChI is InChI=1S/C21H24N4O3S/c1-5-25-19(15-6-10-17(27-3)11-7-15)23-24-21(25)29-14(2)20(26)22-16-8-12-18(28-4)13-9-16/h6-14H,5H2,1-4H3,(H,22,26)/t14-/m1/s1. The van der Waals surface area contributed by atoms with E-state index >= 15 is 0 Å². The summed E-state index contributed by atoms with van der Waals surface area (Å²) in [5, 5.41) is 11.9. The van der Waals surface area contributed by atoms with Crippen LogP contribution in [0.15, 0.2) is 53.7 Å². The van der Waals surface area contributed by atoms with Crippen molar-refractivity contribution in [1.29, 1.82) is 0 Å². The summed E-state index contributed by atoms with van der Waals surface area (Å²) in [7, 11) is 3.24. The molecule has 0 spiro atoms. The highest BCUT2D eigenvalue weighted by Gasteiger charge is 2.20. The van der Waals surface area contributed by atoms with Gasteiger partial charge >= 0.3 is 0 Å². The van der Waals surface area contributed by atoms with Crippen LogP contribution in [0.4, 0.5) is 5.69 Å². The maximum absolute atomic E-state index is 12.6. The van der Waals surface area contributed by atoms with Gasteiger partial charge in [0, 0.05) is 17.8 Å². The molecule has 0 radical (unpaired) electrons. The van der Waals surface area contributed by atoms with Crippen molar-refractivity contribution in [2.24, 2.45) is 0 Å². The van der Waals surface area contributed by atoms with Crippen LogP contribution in [0.1, 0.15) is 13.8 Å². The first-order valence-corrected chi connectivity index (χ1v) is 10.1. The third kappa shape index (κ3) is 4.89. The fourth-order valence-electron chi connectivity index (χ4n) is 2.74. The Hall–Kier alpha value is -3.00. The van der Waals surface area contributed by atoms with Gasteiger partial charge < -0.3 is 19.4 Å². The van der Waals surface area contributed by atoms with E-state index in [2.05, 4.69) is 15.5 Å². The zero-order valence-corrected chi connectivity index (χ0v) is 17.7. The minimum atomic E-state index is -0.338. The Morgan fingerprint density at radius 1 is 1.03 bits per heavy atom. The lowest BCUT2D eigenvalue weighted by atomic mass is 10.2. The van der Waals surface area contributed by atoms with Crippen LogP contribution in [0.5, 0.6) is 11.5 Å². The molecule has 0 saturated carbocycles. The second kappa shape index (κ2) is 9.47. The lowest BCUT2D eigenvalue weighted by molar-refractivity contribution is -0.115. The number of hydrogen-bond donors (Lipinski definition) is 1. The van der Waals surface area contributed by atoms with Crippen molar-refractivity contribution in [3.8, 4) is 22.9 Å². The molecular weight excluding hydrogens is 388 g/mol. The van der Waals surface area contributed by atoms with Crippen LogP contribution < -0.4 is 14.8 Å². The Balaban J connectivity index is 1.71. The van der Waals surface area contributed by atoms with E-state index in [1.54, 1.807) is 14.2 Å². The topological polar surface area (TPSA) is 78.3 Å². The highest BCUT2D eigenvalue weighted by atomic mass is 32.2. The quantitative estimate of drug-likeness (QED) is 0.561. The van der Waals surface area contributed by atoms with E-state index in [1.807, 2.05) is 66.9 Å². The molecule has 152 valence electrons. The third-order valence-corrected chi connectivity index (χ3v) is 5.47. The number of ether oxygens (including phenoxy) is 2. The molecule has 1 aromatic heterocycles. The van der Waals surface area contributed by atoms with Gasteiger partial charge in [-0.2, -0.15) is 0 Å². The fraction of sp³-hybridized carbons (Fsp3) is 0.286. The Bertz CT molecular complexity index is 955. The monoisotopic (exact) mass is 412 g/mol. The molecule has 0 aliphatic rings. The fourth-order valence-corrected chi connectivity index (χ4v) is 3.66. The summed E-state index contributed by atoms with van der Waals surface area (Å²) in [6.45, 7) is 4.58. The largest absolute Gasteiger partial charge is 0.497 e. The number of carbonyl (C=O) groups excluding carboxylic acids is 1. The van der Waals surface area contributed by atoms with E-state index in [4.69, 9.17) is 9.47 Å². The SMILES string of the molecule is CCn1c(S[C@H](C)C(=O)Nc2ccc(OC)cc2)nnc1-c1ccc(OC)cc1. The number of benzene rings is 2. The molecule has 8 heteroatoms. The van der Waals surface area contributed by atoms with Crippen LogP contribution in [0, 0.1) is 0 Å². The molecular formula is C21H24N4O3S. The van der Waals surface area contributed by atoms with Crippen molar-refractivity contribution >= 4 is 23.4 Å². The summed E-state index contributed by atoms with van der Waals surface area (Å²) in [5.41, 5.74) is 1.67. The first-order valence-electron chi connectivity index (χ1n) is 9.25. The number of anilines is 1. The number of thioether (sulfide) groups is 1. The molecule has 0 saturated heterocycles. The Morgan fingerprint density at radius 3 is 2.17 bits per heavy atom. The van der Waals surface area contributed by atoms with Crippen LogP contribution in [0.2, 0.25) is 0 Å². The number of amides is 1. The van der Waals surface area contributed by atoms with E-state index in [0.29, 0.717) is 11.7 Å². The molecule has 0 aliphatic carbocycles. The summed E-state index contributed by atoms with van der Waals surface area (Å²) >= 11 is 1.38. The van der Waals surface area contributed by atoms with Crippen molar-refractivity contribution in [1.82, 2.24) is 14.8 Å². The number of rotatable bonds is 8. The van der Waals surface area contributed by atoms with Crippen LogP contribution in [0.3, 0.4) is 0 Å². The van der Waals surface area contributed by atoms with Gasteiger partial charge in [-0.3, -0.25) is 4.79 Å². The third-order valence-electron chi connectivity index (χ3n) is 4.39. The van der Waals surface area contributed by atoms with Crippen molar-refractivity contribution in [2.75, 3.05) is 19.5 Å². The first-order chi connectivity index (χ1) is 14.0. The van der Waals surface area contributed by atoms with E-state index in [0.717, 1.165) is 28.6 Å². The molecule has 0 bridgehead atoms. The molecule has 1 atom stereocenters. The van der Waals surface area contributed by atoms with Gasteiger partial charge in [-0.05, 0) is 62.4 Å². The summed E-state index contributed by atoms with van der Waals surface area (Å²) in [6.07, 6.45) is 0. The number of aromatic nitrogens is 3. The molecule has 1 amide bonds. The number of nitrogens with one attached hydrogen (secondary N) is 1. The molecule has 0 unspecified atom stereocenters. The normalized spacial score (nSPS) is 11.7. The second-order valence-corrected chi connectivity index (χ2v) is 7.56. The Kier molecular flexibility index (Phi) is 6.77. The maximum Gasteiger partial charge on any atom is 0.237 e. The van der Waals surface area contributed by atoms with Crippen LogP contribution in [-0.4, -0.2) is 40.1 Å². The molecule has 29 heavy (non-hydrogen) atoms. The summed E-state index contributed by atoms with van der Waals surface area (Å²) in [5.74, 6) is 2.19. The van der Waals surface area contributed by atoms with E-state index in [1.165, 1.54) is 11.8 Å². The van der Waals surface area contributed by atoms with E-state index in [-0.39, 0.29) is 11.2 Å². The summed E-state index contributed by atoms with van der Waals surface area (Å²) in [6, 6.07) is 14.9. The van der Waals surface area contributed by atoms with E-state index in [9.17, 15) is 4.79 Å². The zero-order chi connectivity index (χ0) is 20.8. The molecule has 1 N–H and O–H groups in total. The molecule has 2 aromatic carbocycles. The summed E-state index contributed by atoms with van der Waals surface area (Å²) in [4.78, 5) is 12.6. The number of carbonyl (C=O) groups is 1. The number of nitrogens with zero attached hydrogens (tertiary/aromatic N) is 3. The molecule has 7 nitrogen and oxygen atoms in total. The van der Waals surface area contributed by atoms with Crippen molar-refractivity contribution < 1.29 is 14.3 Å². The predicted molar refractivity (Wildman–Crippen MR) is 115 cm³/mol. The summed E-state index contributed by atoms with van der Waals surface area (Å²) < 4.78 is 12.3. The lowest BCUT2D eigenvalue weighted by Crippen LogP contribution is -2.22. The molecule has 3 aromatic rings. The Labute approximate surface area is 174 Å². The predicted octanol–water partition coefficient (Wildman–Crippen LogP) is 4.10. The highest BCUT2D eigenvalue weighted by molar-refractivity contribution is 8.00. The maximum atomic E-state index is 12.6. The van der Waals surface area contributed by atoms with Crippen molar-refractivity contribution in [3.63, 3.8) is 0 Å². The van der Waals surface area contributed by atoms with Gasteiger partial charge in [-0.1, -0.05) is 11.8 Å². The minimum Gasteiger partial charge on any atom is -0.497 e. The lowest BCUT2D eigenvalue weighted by Gasteiger charge is -2.13. The average Bonchev–Trinajstić information content (AvgIpc) is 3.16. The molecule has 1 heterocycles. The minimum absolute atomic E-state index is 0.100.